The normalized spacial score (nSPS) is 47.6. The minimum Gasteiger partial charge on any atom is -0.389 e. The van der Waals surface area contributed by atoms with Gasteiger partial charge in [0.15, 0.2) is 0 Å². The molecule has 4 heteroatoms. The standard InChI is InChI=1S/C4H8O2S2/c5-2-1-8-4(7)3(2)6/h2-7H,1H2/t2-,3+,4-/m1/s1. The average Bonchev–Trinajstić information content (AvgIpc) is 1.98. The van der Waals surface area contributed by atoms with E-state index in [1.165, 1.54) is 11.8 Å². The average molecular weight is 152 g/mol. The van der Waals surface area contributed by atoms with Crippen molar-refractivity contribution < 1.29 is 10.2 Å². The first-order valence-corrected chi connectivity index (χ1v) is 3.94. The highest BCUT2D eigenvalue weighted by molar-refractivity contribution is 8.10. The molecule has 48 valence electrons. The van der Waals surface area contributed by atoms with E-state index in [2.05, 4.69) is 12.6 Å². The zero-order valence-electron chi connectivity index (χ0n) is 4.19. The van der Waals surface area contributed by atoms with Crippen LogP contribution in [0.25, 0.3) is 0 Å². The van der Waals surface area contributed by atoms with Crippen LogP contribution in [0.4, 0.5) is 0 Å². The van der Waals surface area contributed by atoms with Crippen molar-refractivity contribution >= 4 is 24.4 Å². The topological polar surface area (TPSA) is 40.5 Å². The van der Waals surface area contributed by atoms with Gasteiger partial charge in [-0.3, -0.25) is 0 Å². The Morgan fingerprint density at radius 2 is 2.12 bits per heavy atom. The molecule has 0 aromatic carbocycles. The molecule has 0 bridgehead atoms. The lowest BCUT2D eigenvalue weighted by Gasteiger charge is -2.07. The Kier molecular flexibility index (Phi) is 2.08. The summed E-state index contributed by atoms with van der Waals surface area (Å²) in [7, 11) is 0. The molecule has 1 aliphatic rings. The first-order chi connectivity index (χ1) is 3.72. The van der Waals surface area contributed by atoms with Crippen LogP contribution in [0.3, 0.4) is 0 Å². The number of aliphatic hydroxyl groups excluding tert-OH is 2. The Morgan fingerprint density at radius 1 is 1.50 bits per heavy atom. The Bertz CT molecular complexity index is 78.1. The third kappa shape index (κ3) is 1.13. The van der Waals surface area contributed by atoms with Crippen LogP contribution in [0.5, 0.6) is 0 Å². The summed E-state index contributed by atoms with van der Waals surface area (Å²) < 4.78 is -0.0926. The highest BCUT2D eigenvalue weighted by Crippen LogP contribution is 2.29. The molecule has 0 unspecified atom stereocenters. The van der Waals surface area contributed by atoms with Crippen molar-refractivity contribution in [2.45, 2.75) is 16.8 Å². The molecule has 1 saturated heterocycles. The molecular formula is C4H8O2S2. The first kappa shape index (κ1) is 6.74. The molecule has 0 aliphatic carbocycles. The van der Waals surface area contributed by atoms with Crippen molar-refractivity contribution in [1.82, 2.24) is 0 Å². The minimum atomic E-state index is -0.636. The highest BCUT2D eigenvalue weighted by Gasteiger charge is 2.31. The molecule has 2 nitrogen and oxygen atoms in total. The maximum absolute atomic E-state index is 8.92. The molecule has 1 aliphatic heterocycles. The largest absolute Gasteiger partial charge is 0.389 e. The summed E-state index contributed by atoms with van der Waals surface area (Å²) in [6, 6.07) is 0. The van der Waals surface area contributed by atoms with Crippen LogP contribution >= 0.6 is 24.4 Å². The summed E-state index contributed by atoms with van der Waals surface area (Å²) >= 11 is 5.48. The van der Waals surface area contributed by atoms with Crippen molar-refractivity contribution in [2.24, 2.45) is 0 Å². The van der Waals surface area contributed by atoms with Gasteiger partial charge in [0.05, 0.1) is 10.7 Å². The van der Waals surface area contributed by atoms with E-state index in [4.69, 9.17) is 10.2 Å². The van der Waals surface area contributed by atoms with Gasteiger partial charge in [-0.15, -0.1) is 11.8 Å². The van der Waals surface area contributed by atoms with E-state index >= 15 is 0 Å². The summed E-state index contributed by atoms with van der Waals surface area (Å²) in [4.78, 5) is 0. The zero-order chi connectivity index (χ0) is 6.15. The van der Waals surface area contributed by atoms with Gasteiger partial charge < -0.3 is 10.2 Å². The fourth-order valence-electron chi connectivity index (χ4n) is 0.584. The van der Waals surface area contributed by atoms with Crippen molar-refractivity contribution in [1.29, 1.82) is 0 Å². The van der Waals surface area contributed by atoms with Crippen molar-refractivity contribution in [3.8, 4) is 0 Å². The second-order valence-corrected chi connectivity index (χ2v) is 3.86. The quantitative estimate of drug-likeness (QED) is 0.418. The maximum Gasteiger partial charge on any atom is 0.101 e. The molecule has 0 spiro atoms. The molecule has 0 radical (unpaired) electrons. The molecular weight excluding hydrogens is 144 g/mol. The molecule has 0 aromatic heterocycles. The maximum atomic E-state index is 8.92. The van der Waals surface area contributed by atoms with E-state index in [0.717, 1.165) is 0 Å². The molecule has 0 aromatic rings. The van der Waals surface area contributed by atoms with Crippen LogP contribution in [-0.4, -0.2) is 32.8 Å². The third-order valence-corrected chi connectivity index (χ3v) is 3.03. The van der Waals surface area contributed by atoms with E-state index in [-0.39, 0.29) is 4.58 Å². The van der Waals surface area contributed by atoms with Gasteiger partial charge in [-0.25, -0.2) is 0 Å². The molecule has 1 rings (SSSR count). The van der Waals surface area contributed by atoms with Gasteiger partial charge in [0.2, 0.25) is 0 Å². The number of rotatable bonds is 0. The van der Waals surface area contributed by atoms with Gasteiger partial charge >= 0.3 is 0 Å². The fourth-order valence-corrected chi connectivity index (χ4v) is 2.01. The predicted octanol–water partition coefficient (Wildman–Crippen LogP) is -0.289. The van der Waals surface area contributed by atoms with Crippen LogP contribution in [0.15, 0.2) is 0 Å². The SMILES string of the molecule is O[C@H]1[C@H](O)CS[C@H]1S. The highest BCUT2D eigenvalue weighted by atomic mass is 32.2. The second kappa shape index (κ2) is 2.47. The van der Waals surface area contributed by atoms with Gasteiger partial charge in [0.1, 0.15) is 6.10 Å². The molecule has 3 atom stereocenters. The van der Waals surface area contributed by atoms with Gasteiger partial charge in [-0.05, 0) is 0 Å². The lowest BCUT2D eigenvalue weighted by molar-refractivity contribution is 0.0532. The summed E-state index contributed by atoms with van der Waals surface area (Å²) in [5.41, 5.74) is 0. The minimum absolute atomic E-state index is 0.0926. The Balaban J connectivity index is 2.44. The Morgan fingerprint density at radius 3 is 2.25 bits per heavy atom. The van der Waals surface area contributed by atoms with Crippen LogP contribution in [0.2, 0.25) is 0 Å². The monoisotopic (exact) mass is 152 g/mol. The molecule has 0 amide bonds. The number of aliphatic hydroxyl groups is 2. The Labute approximate surface area is 57.7 Å². The summed E-state index contributed by atoms with van der Waals surface area (Å²) in [5, 5.41) is 17.8. The van der Waals surface area contributed by atoms with Crippen molar-refractivity contribution in [3.63, 3.8) is 0 Å². The van der Waals surface area contributed by atoms with Crippen LogP contribution in [0, 0.1) is 0 Å². The van der Waals surface area contributed by atoms with E-state index in [1.54, 1.807) is 0 Å². The van der Waals surface area contributed by atoms with Crippen molar-refractivity contribution in [3.05, 3.63) is 0 Å². The van der Waals surface area contributed by atoms with Gasteiger partial charge in [0.25, 0.3) is 0 Å². The van der Waals surface area contributed by atoms with Crippen LogP contribution in [0.1, 0.15) is 0 Å². The zero-order valence-corrected chi connectivity index (χ0v) is 5.90. The molecule has 1 fully saturated rings. The predicted molar refractivity (Wildman–Crippen MR) is 37.2 cm³/mol. The van der Waals surface area contributed by atoms with Gasteiger partial charge in [-0.2, -0.15) is 12.6 Å². The lowest BCUT2D eigenvalue weighted by Crippen LogP contribution is -2.26. The smallest absolute Gasteiger partial charge is 0.101 e. The number of hydrogen-bond acceptors (Lipinski definition) is 4. The van der Waals surface area contributed by atoms with Crippen LogP contribution < -0.4 is 0 Å². The number of thiol groups is 1. The lowest BCUT2D eigenvalue weighted by atomic mass is 10.3. The van der Waals surface area contributed by atoms with Gasteiger partial charge in [0, 0.05) is 5.75 Å². The third-order valence-electron chi connectivity index (χ3n) is 1.12. The molecule has 1 heterocycles. The summed E-state index contributed by atoms with van der Waals surface area (Å²) in [6.07, 6.45) is -1.20. The van der Waals surface area contributed by atoms with Gasteiger partial charge in [-0.1, -0.05) is 0 Å². The summed E-state index contributed by atoms with van der Waals surface area (Å²) in [5.74, 6) is 0.606. The molecule has 0 saturated carbocycles. The van der Waals surface area contributed by atoms with Crippen molar-refractivity contribution in [2.75, 3.05) is 5.75 Å². The number of hydrogen-bond donors (Lipinski definition) is 3. The van der Waals surface area contributed by atoms with E-state index < -0.39 is 12.2 Å². The van der Waals surface area contributed by atoms with Crippen LogP contribution in [-0.2, 0) is 0 Å². The number of thioether (sulfide) groups is 1. The molecule has 8 heavy (non-hydrogen) atoms. The fraction of sp³-hybridized carbons (Fsp3) is 1.00. The second-order valence-electron chi connectivity index (χ2n) is 1.78. The van der Waals surface area contributed by atoms with E-state index in [1.807, 2.05) is 0 Å². The Hall–Kier alpha value is 0.620. The summed E-state index contributed by atoms with van der Waals surface area (Å²) in [6.45, 7) is 0. The first-order valence-electron chi connectivity index (χ1n) is 2.37. The van der Waals surface area contributed by atoms with E-state index in [9.17, 15) is 0 Å². The molecule has 2 N–H and O–H groups in total. The van der Waals surface area contributed by atoms with E-state index in [0.29, 0.717) is 5.75 Å².